The van der Waals surface area contributed by atoms with Crippen molar-refractivity contribution in [2.24, 2.45) is 0 Å². The van der Waals surface area contributed by atoms with Crippen molar-refractivity contribution in [1.29, 1.82) is 0 Å². The molecule has 2 aromatic rings. The lowest BCUT2D eigenvalue weighted by Crippen LogP contribution is -2.43. The van der Waals surface area contributed by atoms with Crippen LogP contribution in [0.2, 0.25) is 0 Å². The van der Waals surface area contributed by atoms with Crippen molar-refractivity contribution in [3.8, 4) is 5.75 Å². The topological polar surface area (TPSA) is 88.2 Å². The van der Waals surface area contributed by atoms with Crippen molar-refractivity contribution in [1.82, 2.24) is 15.1 Å². The fraction of sp³-hybridized carbons (Fsp3) is 0.261. The zero-order valence-corrected chi connectivity index (χ0v) is 18.8. The molecule has 0 radical (unpaired) electrons. The van der Waals surface area contributed by atoms with Crippen molar-refractivity contribution < 1.29 is 23.9 Å². The highest BCUT2D eigenvalue weighted by Crippen LogP contribution is 2.27. The standard InChI is InChI=1S/C23H22BrN3O5/c24-18-12-17(6-7-20(18)32-15-21(28)26-8-10-31-11-9-26)13-19-22(29)27(23(30)25-19)14-16-4-2-1-3-5-16/h1-7,12-13H,8-11,14-15H2,(H,25,30)/b19-13-. The second-order valence-corrected chi connectivity index (χ2v) is 8.19. The number of rotatable bonds is 6. The minimum absolute atomic E-state index is 0.0674. The van der Waals surface area contributed by atoms with Gasteiger partial charge in [-0.2, -0.15) is 0 Å². The summed E-state index contributed by atoms with van der Waals surface area (Å²) in [5.41, 5.74) is 1.77. The quantitative estimate of drug-likeness (QED) is 0.487. The van der Waals surface area contributed by atoms with Crippen LogP contribution in [0.25, 0.3) is 6.08 Å². The zero-order valence-electron chi connectivity index (χ0n) is 17.3. The molecule has 0 aromatic heterocycles. The number of halogens is 1. The Hall–Kier alpha value is -3.17. The number of hydrogen-bond donors (Lipinski definition) is 1. The van der Waals surface area contributed by atoms with Gasteiger partial charge in [-0.15, -0.1) is 0 Å². The summed E-state index contributed by atoms with van der Waals surface area (Å²) in [5, 5.41) is 2.62. The second kappa shape index (κ2) is 9.97. The molecular weight excluding hydrogens is 478 g/mol. The summed E-state index contributed by atoms with van der Waals surface area (Å²) in [7, 11) is 0. The predicted molar refractivity (Wildman–Crippen MR) is 121 cm³/mol. The van der Waals surface area contributed by atoms with Crippen molar-refractivity contribution in [3.05, 3.63) is 69.8 Å². The Kier molecular flexibility index (Phi) is 6.87. The number of carbonyl (C=O) groups is 3. The van der Waals surface area contributed by atoms with Crippen LogP contribution in [-0.2, 0) is 20.9 Å². The molecule has 4 amide bonds. The Morgan fingerprint density at radius 2 is 1.88 bits per heavy atom. The highest BCUT2D eigenvalue weighted by molar-refractivity contribution is 9.10. The van der Waals surface area contributed by atoms with Gasteiger partial charge in [0.25, 0.3) is 11.8 Å². The maximum Gasteiger partial charge on any atom is 0.329 e. The van der Waals surface area contributed by atoms with E-state index in [1.807, 2.05) is 30.3 Å². The summed E-state index contributed by atoms with van der Waals surface area (Å²) in [4.78, 5) is 40.1. The zero-order chi connectivity index (χ0) is 22.5. The van der Waals surface area contributed by atoms with E-state index in [9.17, 15) is 14.4 Å². The van der Waals surface area contributed by atoms with E-state index < -0.39 is 6.03 Å². The highest BCUT2D eigenvalue weighted by Gasteiger charge is 2.33. The average Bonchev–Trinajstić information content (AvgIpc) is 3.07. The Bertz CT molecular complexity index is 1050. The first kappa shape index (κ1) is 22.0. The monoisotopic (exact) mass is 499 g/mol. The third-order valence-electron chi connectivity index (χ3n) is 5.13. The fourth-order valence-electron chi connectivity index (χ4n) is 3.42. The number of urea groups is 1. The Morgan fingerprint density at radius 3 is 2.59 bits per heavy atom. The number of nitrogens with zero attached hydrogens (tertiary/aromatic N) is 2. The van der Waals surface area contributed by atoms with E-state index in [0.717, 1.165) is 5.56 Å². The molecule has 2 aliphatic heterocycles. The summed E-state index contributed by atoms with van der Waals surface area (Å²) in [5.74, 6) is 0.0387. The molecule has 2 heterocycles. The number of benzene rings is 2. The fourth-order valence-corrected chi connectivity index (χ4v) is 3.93. The molecule has 2 saturated heterocycles. The van der Waals surface area contributed by atoms with Crippen LogP contribution in [0, 0.1) is 0 Å². The van der Waals surface area contributed by atoms with Gasteiger partial charge in [0.05, 0.1) is 24.2 Å². The SMILES string of the molecule is O=C(COc1ccc(/C=C2\NC(=O)N(Cc3ccccc3)C2=O)cc1Br)N1CCOCC1. The van der Waals surface area contributed by atoms with Crippen molar-refractivity contribution in [3.63, 3.8) is 0 Å². The number of ether oxygens (including phenoxy) is 2. The summed E-state index contributed by atoms with van der Waals surface area (Å²) < 4.78 is 11.5. The van der Waals surface area contributed by atoms with E-state index in [-0.39, 0.29) is 30.7 Å². The average molecular weight is 500 g/mol. The number of amides is 4. The maximum atomic E-state index is 12.7. The molecule has 0 saturated carbocycles. The third kappa shape index (κ3) is 5.17. The molecule has 32 heavy (non-hydrogen) atoms. The maximum absolute atomic E-state index is 12.7. The summed E-state index contributed by atoms with van der Waals surface area (Å²) in [6, 6.07) is 14.1. The third-order valence-corrected chi connectivity index (χ3v) is 5.75. The molecule has 9 heteroatoms. The van der Waals surface area contributed by atoms with Gasteiger partial charge in [0.15, 0.2) is 6.61 Å². The van der Waals surface area contributed by atoms with Crippen molar-refractivity contribution in [2.75, 3.05) is 32.9 Å². The summed E-state index contributed by atoms with van der Waals surface area (Å²) >= 11 is 3.44. The normalized spacial score (nSPS) is 17.6. The van der Waals surface area contributed by atoms with Crippen LogP contribution in [0.4, 0.5) is 4.79 Å². The van der Waals surface area contributed by atoms with Crippen LogP contribution in [0.1, 0.15) is 11.1 Å². The molecule has 0 aliphatic carbocycles. The van der Waals surface area contributed by atoms with E-state index in [1.165, 1.54) is 4.90 Å². The van der Waals surface area contributed by atoms with Gasteiger partial charge in [-0.3, -0.25) is 14.5 Å². The van der Waals surface area contributed by atoms with Crippen molar-refractivity contribution in [2.45, 2.75) is 6.54 Å². The number of morpholine rings is 1. The van der Waals surface area contributed by atoms with Crippen LogP contribution in [-0.4, -0.2) is 60.6 Å². The minimum atomic E-state index is -0.453. The highest BCUT2D eigenvalue weighted by atomic mass is 79.9. The largest absolute Gasteiger partial charge is 0.483 e. The lowest BCUT2D eigenvalue weighted by atomic mass is 10.1. The molecule has 1 N–H and O–H groups in total. The van der Waals surface area contributed by atoms with E-state index in [2.05, 4.69) is 21.2 Å². The molecule has 0 bridgehead atoms. The van der Waals surface area contributed by atoms with Gasteiger partial charge in [0, 0.05) is 13.1 Å². The van der Waals surface area contributed by atoms with Crippen molar-refractivity contribution >= 4 is 39.9 Å². The molecule has 0 atom stereocenters. The minimum Gasteiger partial charge on any atom is -0.483 e. The van der Waals surface area contributed by atoms with E-state index in [4.69, 9.17) is 9.47 Å². The van der Waals surface area contributed by atoms with Gasteiger partial charge in [0.1, 0.15) is 11.4 Å². The van der Waals surface area contributed by atoms with Gasteiger partial charge in [0.2, 0.25) is 0 Å². The predicted octanol–water partition coefficient (Wildman–Crippen LogP) is 2.78. The van der Waals surface area contributed by atoms with Gasteiger partial charge in [-0.1, -0.05) is 36.4 Å². The van der Waals surface area contributed by atoms with Gasteiger partial charge >= 0.3 is 6.03 Å². The molecule has 4 rings (SSSR count). The second-order valence-electron chi connectivity index (χ2n) is 7.34. The van der Waals surface area contributed by atoms with Gasteiger partial charge in [-0.25, -0.2) is 4.79 Å². The van der Waals surface area contributed by atoms with Crippen LogP contribution < -0.4 is 10.1 Å². The summed E-state index contributed by atoms with van der Waals surface area (Å²) in [6.07, 6.45) is 1.61. The smallest absolute Gasteiger partial charge is 0.329 e. The first-order chi connectivity index (χ1) is 15.5. The first-order valence-corrected chi connectivity index (χ1v) is 11.0. The molecule has 8 nitrogen and oxygen atoms in total. The van der Waals surface area contributed by atoms with Gasteiger partial charge < -0.3 is 19.7 Å². The van der Waals surface area contributed by atoms with Crippen LogP contribution in [0.3, 0.4) is 0 Å². The van der Waals surface area contributed by atoms with Crippen LogP contribution in [0.15, 0.2) is 58.7 Å². The lowest BCUT2D eigenvalue weighted by Gasteiger charge is -2.26. The molecule has 0 spiro atoms. The van der Waals surface area contributed by atoms with Crippen LogP contribution >= 0.6 is 15.9 Å². The van der Waals surface area contributed by atoms with E-state index >= 15 is 0 Å². The first-order valence-electron chi connectivity index (χ1n) is 10.2. The molecular formula is C23H22BrN3O5. The number of hydrogen-bond acceptors (Lipinski definition) is 5. The molecule has 0 unspecified atom stereocenters. The van der Waals surface area contributed by atoms with E-state index in [0.29, 0.717) is 42.1 Å². The molecule has 2 aromatic carbocycles. The Morgan fingerprint density at radius 1 is 1.12 bits per heavy atom. The number of nitrogens with one attached hydrogen (secondary N) is 1. The molecule has 2 fully saturated rings. The van der Waals surface area contributed by atoms with Crippen LogP contribution in [0.5, 0.6) is 5.75 Å². The number of imide groups is 1. The molecule has 2 aliphatic rings. The van der Waals surface area contributed by atoms with Gasteiger partial charge in [-0.05, 0) is 45.3 Å². The molecule has 166 valence electrons. The Labute approximate surface area is 193 Å². The number of carbonyl (C=O) groups excluding carboxylic acids is 3. The lowest BCUT2D eigenvalue weighted by molar-refractivity contribution is -0.137. The van der Waals surface area contributed by atoms with E-state index in [1.54, 1.807) is 29.2 Å². The Balaban J connectivity index is 1.39. The summed E-state index contributed by atoms with van der Waals surface area (Å²) in [6.45, 7) is 2.35.